The second-order valence-corrected chi connectivity index (χ2v) is 16.9. The molecule has 0 rings (SSSR count). The van der Waals surface area contributed by atoms with Crippen molar-refractivity contribution in [2.45, 2.75) is 283 Å². The van der Waals surface area contributed by atoms with Crippen LogP contribution in [0.4, 0.5) is 0 Å². The van der Waals surface area contributed by atoms with Crippen molar-refractivity contribution in [3.63, 3.8) is 0 Å². The molecule has 3 N–H and O–H groups in total. The number of rotatable bonds is 45. The van der Waals surface area contributed by atoms with Crippen molar-refractivity contribution in [3.8, 4) is 0 Å². The highest BCUT2D eigenvalue weighted by molar-refractivity contribution is 5.76. The lowest BCUT2D eigenvalue weighted by atomic mass is 10.0. The maximum atomic E-state index is 12.4. The molecule has 0 aliphatic rings. The van der Waals surface area contributed by atoms with Crippen LogP contribution in [0.2, 0.25) is 0 Å². The molecule has 0 radical (unpaired) electrons. The van der Waals surface area contributed by atoms with E-state index in [0.29, 0.717) is 6.42 Å². The van der Waals surface area contributed by atoms with Crippen LogP contribution in [-0.4, -0.2) is 34.9 Å². The van der Waals surface area contributed by atoms with Crippen LogP contribution in [0.25, 0.3) is 0 Å². The first-order valence-corrected chi connectivity index (χ1v) is 24.6. The number of aliphatic hydroxyl groups is 2. The Morgan fingerprint density at radius 3 is 1.07 bits per heavy atom. The molecule has 0 aromatic carbocycles. The number of aliphatic hydroxyl groups excluding tert-OH is 2. The number of carbonyl (C=O) groups excluding carboxylic acids is 1. The first-order chi connectivity index (χ1) is 26.7. The maximum absolute atomic E-state index is 12.4. The average molecular weight is 760 g/mol. The molecular weight excluding hydrogens is 663 g/mol. The Kier molecular flexibility index (Phi) is 45.3. The van der Waals surface area contributed by atoms with E-state index in [-0.39, 0.29) is 12.5 Å². The van der Waals surface area contributed by atoms with E-state index in [9.17, 15) is 15.0 Å². The fraction of sp³-hybridized carbons (Fsp3) is 0.900. The van der Waals surface area contributed by atoms with Crippen LogP contribution < -0.4 is 5.32 Å². The molecule has 0 spiro atoms. The van der Waals surface area contributed by atoms with Gasteiger partial charge in [-0.3, -0.25) is 4.79 Å². The van der Waals surface area contributed by atoms with Gasteiger partial charge in [0.1, 0.15) is 0 Å². The minimum Gasteiger partial charge on any atom is -0.394 e. The molecule has 0 saturated carbocycles. The Morgan fingerprint density at radius 1 is 0.426 bits per heavy atom. The third kappa shape index (κ3) is 42.0. The molecule has 0 aliphatic carbocycles. The molecule has 320 valence electrons. The van der Waals surface area contributed by atoms with Gasteiger partial charge in [-0.1, -0.05) is 256 Å². The van der Waals surface area contributed by atoms with Crippen molar-refractivity contribution in [2.75, 3.05) is 6.61 Å². The molecule has 0 aromatic rings. The Labute approximate surface area is 339 Å². The van der Waals surface area contributed by atoms with Crippen molar-refractivity contribution in [3.05, 3.63) is 24.3 Å². The van der Waals surface area contributed by atoms with Crippen molar-refractivity contribution < 1.29 is 15.0 Å². The quantitative estimate of drug-likeness (QED) is 0.0428. The third-order valence-electron chi connectivity index (χ3n) is 11.4. The second-order valence-electron chi connectivity index (χ2n) is 16.9. The predicted molar refractivity (Wildman–Crippen MR) is 239 cm³/mol. The van der Waals surface area contributed by atoms with Gasteiger partial charge < -0.3 is 15.5 Å². The summed E-state index contributed by atoms with van der Waals surface area (Å²) in [5, 5.41) is 22.9. The van der Waals surface area contributed by atoms with Crippen LogP contribution in [-0.2, 0) is 4.79 Å². The summed E-state index contributed by atoms with van der Waals surface area (Å²) in [5.41, 5.74) is 0. The van der Waals surface area contributed by atoms with Gasteiger partial charge >= 0.3 is 0 Å². The summed E-state index contributed by atoms with van der Waals surface area (Å²) in [4.78, 5) is 12.4. The van der Waals surface area contributed by atoms with Gasteiger partial charge in [0.2, 0.25) is 5.91 Å². The molecule has 0 aliphatic heterocycles. The Morgan fingerprint density at radius 2 is 0.722 bits per heavy atom. The largest absolute Gasteiger partial charge is 0.394 e. The predicted octanol–water partition coefficient (Wildman–Crippen LogP) is 15.6. The summed E-state index contributed by atoms with van der Waals surface area (Å²) in [6, 6.07) is -0.633. The molecule has 0 heterocycles. The lowest BCUT2D eigenvalue weighted by Crippen LogP contribution is -2.45. The van der Waals surface area contributed by atoms with Crippen molar-refractivity contribution in [1.82, 2.24) is 5.32 Å². The van der Waals surface area contributed by atoms with Gasteiger partial charge in [-0.15, -0.1) is 0 Å². The number of unbranched alkanes of at least 4 members (excludes halogenated alkanes) is 36. The lowest BCUT2D eigenvalue weighted by Gasteiger charge is -2.19. The highest BCUT2D eigenvalue weighted by Crippen LogP contribution is 2.17. The highest BCUT2D eigenvalue weighted by Gasteiger charge is 2.17. The van der Waals surface area contributed by atoms with Gasteiger partial charge in [0.15, 0.2) is 0 Å². The minimum atomic E-state index is -0.857. The number of amides is 1. The monoisotopic (exact) mass is 760 g/mol. The number of allylic oxidation sites excluding steroid dienone is 3. The summed E-state index contributed by atoms with van der Waals surface area (Å²) < 4.78 is 0. The van der Waals surface area contributed by atoms with E-state index in [1.54, 1.807) is 6.08 Å². The van der Waals surface area contributed by atoms with Crippen LogP contribution in [0, 0.1) is 0 Å². The summed E-state index contributed by atoms with van der Waals surface area (Å²) >= 11 is 0. The Bertz CT molecular complexity index is 780. The average Bonchev–Trinajstić information content (AvgIpc) is 3.18. The molecule has 2 unspecified atom stereocenters. The SMILES string of the molecule is CCCCCCC/C=C/CC/C=C/C(O)C(CO)NC(=O)CCCCCCCCCCCCCCCCCCCCCCCCCCCCCCCCC. The molecule has 4 nitrogen and oxygen atoms in total. The Balaban J connectivity index is 3.40. The maximum Gasteiger partial charge on any atom is 0.220 e. The number of hydrogen-bond donors (Lipinski definition) is 3. The fourth-order valence-corrected chi connectivity index (χ4v) is 7.67. The van der Waals surface area contributed by atoms with Crippen LogP contribution in [0.3, 0.4) is 0 Å². The minimum absolute atomic E-state index is 0.0706. The molecular formula is C50H97NO3. The third-order valence-corrected chi connectivity index (χ3v) is 11.4. The van der Waals surface area contributed by atoms with Crippen LogP contribution in [0.15, 0.2) is 24.3 Å². The van der Waals surface area contributed by atoms with E-state index < -0.39 is 12.1 Å². The van der Waals surface area contributed by atoms with Gasteiger partial charge in [-0.2, -0.15) is 0 Å². The van der Waals surface area contributed by atoms with Crippen LogP contribution >= 0.6 is 0 Å². The molecule has 0 fully saturated rings. The van der Waals surface area contributed by atoms with Crippen molar-refractivity contribution in [2.24, 2.45) is 0 Å². The van der Waals surface area contributed by atoms with E-state index in [0.717, 1.165) is 32.1 Å². The number of carbonyl (C=O) groups is 1. The molecule has 4 heteroatoms. The highest BCUT2D eigenvalue weighted by atomic mass is 16.3. The topological polar surface area (TPSA) is 69.6 Å². The first-order valence-electron chi connectivity index (χ1n) is 24.6. The molecule has 0 saturated heterocycles. The Hall–Kier alpha value is -1.13. The van der Waals surface area contributed by atoms with Crippen molar-refractivity contribution >= 4 is 5.91 Å². The van der Waals surface area contributed by atoms with Gasteiger partial charge in [0.05, 0.1) is 18.8 Å². The van der Waals surface area contributed by atoms with Crippen LogP contribution in [0.5, 0.6) is 0 Å². The van der Waals surface area contributed by atoms with E-state index in [1.165, 1.54) is 218 Å². The number of nitrogens with one attached hydrogen (secondary N) is 1. The zero-order chi connectivity index (χ0) is 39.3. The normalized spacial score (nSPS) is 13.0. The van der Waals surface area contributed by atoms with E-state index in [4.69, 9.17) is 0 Å². The summed E-state index contributed by atoms with van der Waals surface area (Å²) in [7, 11) is 0. The lowest BCUT2D eigenvalue weighted by molar-refractivity contribution is -0.123. The summed E-state index contributed by atoms with van der Waals surface area (Å²) in [6.45, 7) is 4.29. The molecule has 54 heavy (non-hydrogen) atoms. The summed E-state index contributed by atoms with van der Waals surface area (Å²) in [6.07, 6.45) is 60.5. The zero-order valence-electron chi connectivity index (χ0n) is 36.8. The van der Waals surface area contributed by atoms with Crippen molar-refractivity contribution in [1.29, 1.82) is 0 Å². The number of hydrogen-bond acceptors (Lipinski definition) is 3. The zero-order valence-corrected chi connectivity index (χ0v) is 36.8. The van der Waals surface area contributed by atoms with Gasteiger partial charge in [0.25, 0.3) is 0 Å². The summed E-state index contributed by atoms with van der Waals surface area (Å²) in [5.74, 6) is -0.0706. The van der Waals surface area contributed by atoms with Crippen LogP contribution in [0.1, 0.15) is 271 Å². The first kappa shape index (κ1) is 52.9. The van der Waals surface area contributed by atoms with Gasteiger partial charge in [-0.25, -0.2) is 0 Å². The molecule has 0 bridgehead atoms. The van der Waals surface area contributed by atoms with Gasteiger partial charge in [0, 0.05) is 6.42 Å². The molecule has 2 atom stereocenters. The standard InChI is InChI=1S/C50H97NO3/c1-3-5-7-9-11-13-15-16-17-18-19-20-21-22-23-24-25-26-27-28-29-30-31-32-33-34-36-38-40-42-44-46-50(54)51-48(47-52)49(53)45-43-41-39-37-35-14-12-10-8-6-4-2/h35,37,43,45,48-49,52-53H,3-34,36,38-42,44,46-47H2,1-2H3,(H,51,54)/b37-35+,45-43+. The van der Waals surface area contributed by atoms with E-state index >= 15 is 0 Å². The fourth-order valence-electron chi connectivity index (χ4n) is 7.67. The smallest absolute Gasteiger partial charge is 0.220 e. The second kappa shape index (κ2) is 46.3. The van der Waals surface area contributed by atoms with Gasteiger partial charge in [-0.05, 0) is 32.1 Å². The molecule has 1 amide bonds. The molecule has 0 aromatic heterocycles. The van der Waals surface area contributed by atoms with E-state index in [1.807, 2.05) is 6.08 Å². The van der Waals surface area contributed by atoms with E-state index in [2.05, 4.69) is 31.3 Å².